The number of phenols is 1. The number of anilines is 1. The van der Waals surface area contributed by atoms with Gasteiger partial charge in [-0.2, -0.15) is 0 Å². The van der Waals surface area contributed by atoms with Gasteiger partial charge in [-0.25, -0.2) is 4.98 Å². The third-order valence-electron chi connectivity index (χ3n) is 5.14. The molecule has 1 aliphatic rings. The number of hydrogen-bond donors (Lipinski definition) is 2. The summed E-state index contributed by atoms with van der Waals surface area (Å²) in [7, 11) is 0. The lowest BCUT2D eigenvalue weighted by molar-refractivity contribution is -0.139. The minimum atomic E-state index is -1.09. The molecule has 7 nitrogen and oxygen atoms in total. The molecule has 8 heteroatoms. The van der Waals surface area contributed by atoms with Crippen LogP contribution in [0, 0.1) is 5.92 Å². The summed E-state index contributed by atoms with van der Waals surface area (Å²) in [6, 6.07) is 9.16. The van der Waals surface area contributed by atoms with Crippen molar-refractivity contribution in [3.63, 3.8) is 0 Å². The van der Waals surface area contributed by atoms with Crippen molar-refractivity contribution in [3.8, 4) is 5.75 Å². The molecule has 1 amide bonds. The molecule has 29 heavy (non-hydrogen) atoms. The third kappa shape index (κ3) is 3.23. The Labute approximate surface area is 174 Å². The minimum absolute atomic E-state index is 0.0336. The van der Waals surface area contributed by atoms with Gasteiger partial charge < -0.3 is 10.1 Å². The average molecular weight is 456 g/mol. The van der Waals surface area contributed by atoms with Crippen LogP contribution < -0.4 is 4.90 Å². The molecule has 0 spiro atoms. The lowest BCUT2D eigenvalue weighted by Gasteiger charge is -2.27. The van der Waals surface area contributed by atoms with Crippen LogP contribution in [-0.4, -0.2) is 32.5 Å². The van der Waals surface area contributed by atoms with Crippen LogP contribution in [0.3, 0.4) is 0 Å². The molecule has 0 aliphatic carbocycles. The van der Waals surface area contributed by atoms with E-state index in [1.165, 1.54) is 11.0 Å². The van der Waals surface area contributed by atoms with Gasteiger partial charge >= 0.3 is 0 Å². The Morgan fingerprint density at radius 2 is 2.03 bits per heavy atom. The van der Waals surface area contributed by atoms with Gasteiger partial charge in [-0.3, -0.25) is 19.3 Å². The van der Waals surface area contributed by atoms with E-state index < -0.39 is 23.7 Å². The van der Waals surface area contributed by atoms with E-state index in [1.54, 1.807) is 36.7 Å². The lowest BCUT2D eigenvalue weighted by Crippen LogP contribution is -2.30. The monoisotopic (exact) mass is 455 g/mol. The SMILES string of the molecule is CCCC(=O)C1C(=O)C(=O)N(c2ccc3nc[nH]c3c2)C1c1ccc(O)c(Br)c1. The molecule has 3 aromatic rings. The molecule has 2 heterocycles. The zero-order valence-corrected chi connectivity index (χ0v) is 17.1. The van der Waals surface area contributed by atoms with Crippen molar-refractivity contribution in [1.82, 2.24) is 9.97 Å². The van der Waals surface area contributed by atoms with Gasteiger partial charge in [0.1, 0.15) is 17.5 Å². The zero-order valence-electron chi connectivity index (χ0n) is 15.6. The Hall–Kier alpha value is -3.00. The van der Waals surface area contributed by atoms with E-state index >= 15 is 0 Å². The van der Waals surface area contributed by atoms with Crippen LogP contribution in [0.1, 0.15) is 31.4 Å². The Morgan fingerprint density at radius 1 is 1.24 bits per heavy atom. The lowest BCUT2D eigenvalue weighted by atomic mass is 9.87. The summed E-state index contributed by atoms with van der Waals surface area (Å²) in [6.07, 6.45) is 2.35. The summed E-state index contributed by atoms with van der Waals surface area (Å²) in [5.41, 5.74) is 2.54. The van der Waals surface area contributed by atoms with Gasteiger partial charge in [0, 0.05) is 12.1 Å². The van der Waals surface area contributed by atoms with Crippen molar-refractivity contribution < 1.29 is 19.5 Å². The van der Waals surface area contributed by atoms with Gasteiger partial charge in [-0.1, -0.05) is 13.0 Å². The first kappa shape index (κ1) is 19.3. The maximum absolute atomic E-state index is 13.0. The molecule has 2 aromatic carbocycles. The fourth-order valence-electron chi connectivity index (χ4n) is 3.79. The van der Waals surface area contributed by atoms with Gasteiger partial charge in [0.2, 0.25) is 5.78 Å². The van der Waals surface area contributed by atoms with Crippen LogP contribution >= 0.6 is 15.9 Å². The highest BCUT2D eigenvalue weighted by Gasteiger charge is 2.51. The van der Waals surface area contributed by atoms with Gasteiger partial charge in [0.15, 0.2) is 0 Å². The van der Waals surface area contributed by atoms with Gasteiger partial charge in [-0.05, 0) is 58.2 Å². The number of benzene rings is 2. The second-order valence-corrected chi connectivity index (χ2v) is 7.85. The summed E-state index contributed by atoms with van der Waals surface area (Å²) < 4.78 is 0.424. The number of Topliss-reactive ketones (excluding diaryl/α,β-unsaturated/α-hetero) is 2. The molecule has 2 unspecified atom stereocenters. The first-order valence-electron chi connectivity index (χ1n) is 9.24. The third-order valence-corrected chi connectivity index (χ3v) is 5.78. The molecular formula is C21H18BrN3O4. The van der Waals surface area contributed by atoms with Crippen molar-refractivity contribution in [2.45, 2.75) is 25.8 Å². The predicted molar refractivity (Wildman–Crippen MR) is 111 cm³/mol. The molecule has 1 fully saturated rings. The minimum Gasteiger partial charge on any atom is -0.507 e. The van der Waals surface area contributed by atoms with E-state index in [1.807, 2.05) is 6.92 Å². The van der Waals surface area contributed by atoms with Crippen LogP contribution in [0.2, 0.25) is 0 Å². The number of carbonyl (C=O) groups excluding carboxylic acids is 3. The van der Waals surface area contributed by atoms with Crippen molar-refractivity contribution in [2.75, 3.05) is 4.90 Å². The number of aromatic hydroxyl groups is 1. The van der Waals surface area contributed by atoms with Crippen LogP contribution in [0.15, 0.2) is 47.2 Å². The number of aromatic amines is 1. The van der Waals surface area contributed by atoms with Gasteiger partial charge in [-0.15, -0.1) is 0 Å². The quantitative estimate of drug-likeness (QED) is 0.451. The Bertz CT molecular complexity index is 1140. The fourth-order valence-corrected chi connectivity index (χ4v) is 4.19. The summed E-state index contributed by atoms with van der Waals surface area (Å²) in [4.78, 5) is 47.2. The van der Waals surface area contributed by atoms with Gasteiger partial charge in [0.05, 0.1) is 27.9 Å². The molecule has 0 saturated carbocycles. The molecule has 2 atom stereocenters. The summed E-state index contributed by atoms with van der Waals surface area (Å²) in [6.45, 7) is 1.86. The van der Waals surface area contributed by atoms with Crippen LogP contribution in [0.5, 0.6) is 5.75 Å². The van der Waals surface area contributed by atoms with E-state index in [2.05, 4.69) is 25.9 Å². The highest BCUT2D eigenvalue weighted by Crippen LogP contribution is 2.42. The number of nitrogens with zero attached hydrogens (tertiary/aromatic N) is 2. The number of phenolic OH excluding ortho intramolecular Hbond substituents is 1. The van der Waals surface area contributed by atoms with Crippen molar-refractivity contribution in [1.29, 1.82) is 0 Å². The predicted octanol–water partition coefficient (Wildman–Crippen LogP) is 3.67. The highest BCUT2D eigenvalue weighted by molar-refractivity contribution is 9.10. The number of imidazole rings is 1. The second kappa shape index (κ2) is 7.44. The number of rotatable bonds is 5. The van der Waals surface area contributed by atoms with E-state index in [9.17, 15) is 19.5 Å². The maximum atomic E-state index is 13.0. The van der Waals surface area contributed by atoms with Crippen molar-refractivity contribution >= 4 is 50.1 Å². The zero-order chi connectivity index (χ0) is 20.7. The number of fused-ring (bicyclic) bond motifs is 1. The molecule has 0 radical (unpaired) electrons. The molecule has 1 saturated heterocycles. The number of nitrogens with one attached hydrogen (secondary N) is 1. The normalized spacial score (nSPS) is 19.3. The van der Waals surface area contributed by atoms with E-state index in [0.717, 1.165) is 11.0 Å². The number of aromatic nitrogens is 2. The molecule has 1 aliphatic heterocycles. The average Bonchev–Trinajstić information content (AvgIpc) is 3.26. The number of ketones is 2. The molecule has 148 valence electrons. The smallest absolute Gasteiger partial charge is 0.295 e. The Morgan fingerprint density at radius 3 is 2.76 bits per heavy atom. The first-order chi connectivity index (χ1) is 13.9. The van der Waals surface area contributed by atoms with E-state index in [-0.39, 0.29) is 18.0 Å². The summed E-state index contributed by atoms with van der Waals surface area (Å²) >= 11 is 3.28. The number of carbonyl (C=O) groups is 3. The summed E-state index contributed by atoms with van der Waals surface area (Å²) in [5, 5.41) is 9.86. The van der Waals surface area contributed by atoms with Crippen molar-refractivity contribution in [2.24, 2.45) is 5.92 Å². The topological polar surface area (TPSA) is 103 Å². The number of halogens is 1. The summed E-state index contributed by atoms with van der Waals surface area (Å²) in [5.74, 6) is -2.73. The Balaban J connectivity index is 1.88. The molecule has 4 rings (SSSR count). The standard InChI is InChI=1S/C21H18BrN3O4/c1-2-3-17(27)18-19(11-4-7-16(26)13(22)8-11)25(21(29)20(18)28)12-5-6-14-15(9-12)24-10-23-14/h4-10,18-19,26H,2-3H2,1H3,(H,23,24). The molecular weight excluding hydrogens is 438 g/mol. The first-order valence-corrected chi connectivity index (χ1v) is 10.0. The fraction of sp³-hybridized carbons (Fsp3) is 0.238. The number of amides is 1. The molecule has 1 aromatic heterocycles. The maximum Gasteiger partial charge on any atom is 0.295 e. The van der Waals surface area contributed by atoms with Gasteiger partial charge in [0.25, 0.3) is 5.91 Å². The van der Waals surface area contributed by atoms with Crippen LogP contribution in [0.25, 0.3) is 11.0 Å². The largest absolute Gasteiger partial charge is 0.507 e. The second-order valence-electron chi connectivity index (χ2n) is 6.99. The Kier molecular flexibility index (Phi) is 4.96. The highest BCUT2D eigenvalue weighted by atomic mass is 79.9. The van der Waals surface area contributed by atoms with E-state index in [0.29, 0.717) is 22.1 Å². The number of hydrogen-bond acceptors (Lipinski definition) is 5. The molecule has 2 N–H and O–H groups in total. The molecule has 0 bridgehead atoms. The van der Waals surface area contributed by atoms with Crippen molar-refractivity contribution in [3.05, 3.63) is 52.8 Å². The number of H-pyrrole nitrogens is 1. The van der Waals surface area contributed by atoms with E-state index in [4.69, 9.17) is 0 Å². The van der Waals surface area contributed by atoms with Crippen LogP contribution in [0.4, 0.5) is 5.69 Å². The van der Waals surface area contributed by atoms with Crippen LogP contribution in [-0.2, 0) is 14.4 Å².